The molecule has 0 radical (unpaired) electrons. The topological polar surface area (TPSA) is 38.4 Å². The first-order valence-corrected chi connectivity index (χ1v) is 18.7. The lowest BCUT2D eigenvalue weighted by atomic mass is 10.1. The zero-order valence-corrected chi connectivity index (χ0v) is 29.8. The van der Waals surface area contributed by atoms with Crippen LogP contribution >= 0.6 is 34.4 Å². The number of rotatable bonds is 11. The maximum Gasteiger partial charge on any atom is 0.269 e. The van der Waals surface area contributed by atoms with Gasteiger partial charge in [-0.1, -0.05) is 90.7 Å². The van der Waals surface area contributed by atoms with Gasteiger partial charge in [-0.05, 0) is 69.2 Å². The maximum absolute atomic E-state index is 13.8. The summed E-state index contributed by atoms with van der Waals surface area (Å²) < 4.78 is 12.0. The minimum Gasteiger partial charge on any atom is -0.494 e. The molecule has 0 aliphatic carbocycles. The van der Waals surface area contributed by atoms with Gasteiger partial charge in [-0.25, -0.2) is 0 Å². The van der Waals surface area contributed by atoms with Crippen LogP contribution in [0.5, 0.6) is 0 Å². The van der Waals surface area contributed by atoms with Crippen LogP contribution in [0.3, 0.4) is 0 Å². The molecule has 3 heterocycles. The molecule has 0 amide bonds. The number of aromatic nitrogens is 2. The SMILES string of the molecule is CCCn1c(=Cc2sc(-c3ccccc3)c(-c3ccccc3)[n+]2CC)sc(=CC=C(C=C2Sc3ccccc3N2CC)OCC)c1=O. The summed E-state index contributed by atoms with van der Waals surface area (Å²) in [5.41, 5.74) is 4.83. The van der Waals surface area contributed by atoms with Gasteiger partial charge in [0.25, 0.3) is 10.6 Å². The van der Waals surface area contributed by atoms with Gasteiger partial charge in [0.15, 0.2) is 0 Å². The quantitative estimate of drug-likeness (QED) is 0.105. The molecular formula is C39H40N3O2S3+. The average Bonchev–Trinajstić information content (AvgIpc) is 3.75. The van der Waals surface area contributed by atoms with Crippen molar-refractivity contribution in [3.63, 3.8) is 0 Å². The molecule has 0 saturated carbocycles. The van der Waals surface area contributed by atoms with Crippen molar-refractivity contribution in [3.05, 3.63) is 132 Å². The normalized spacial score (nSPS) is 14.8. The summed E-state index contributed by atoms with van der Waals surface area (Å²) in [6.45, 7) is 11.3. The minimum absolute atomic E-state index is 0.0341. The molecule has 0 N–H and O–H groups in total. The average molecular weight is 679 g/mol. The van der Waals surface area contributed by atoms with E-state index in [2.05, 4.69) is 127 Å². The number of nitrogens with zero attached hydrogens (tertiary/aromatic N) is 3. The van der Waals surface area contributed by atoms with E-state index in [1.54, 1.807) is 34.4 Å². The lowest BCUT2D eigenvalue weighted by Gasteiger charge is -2.18. The molecule has 47 heavy (non-hydrogen) atoms. The molecule has 1 aliphatic heterocycles. The number of thioether (sulfide) groups is 1. The van der Waals surface area contributed by atoms with E-state index < -0.39 is 0 Å². The third-order valence-electron chi connectivity index (χ3n) is 7.92. The highest BCUT2D eigenvalue weighted by molar-refractivity contribution is 8.03. The largest absolute Gasteiger partial charge is 0.494 e. The van der Waals surface area contributed by atoms with Crippen molar-refractivity contribution >= 4 is 52.3 Å². The van der Waals surface area contributed by atoms with Crippen LogP contribution in [0, 0.1) is 0 Å². The van der Waals surface area contributed by atoms with E-state index in [1.807, 2.05) is 23.6 Å². The molecule has 5 aromatic rings. The van der Waals surface area contributed by atoms with Crippen molar-refractivity contribution in [2.75, 3.05) is 18.1 Å². The van der Waals surface area contributed by atoms with Crippen molar-refractivity contribution in [3.8, 4) is 21.7 Å². The smallest absolute Gasteiger partial charge is 0.269 e. The predicted octanol–water partition coefficient (Wildman–Crippen LogP) is 8.03. The zero-order valence-electron chi connectivity index (χ0n) is 27.3. The van der Waals surface area contributed by atoms with Crippen LogP contribution in [0.2, 0.25) is 0 Å². The van der Waals surface area contributed by atoms with Gasteiger partial charge >= 0.3 is 0 Å². The number of fused-ring (bicyclic) bond motifs is 1. The molecule has 5 nitrogen and oxygen atoms in total. The van der Waals surface area contributed by atoms with E-state index in [-0.39, 0.29) is 5.56 Å². The van der Waals surface area contributed by atoms with Gasteiger partial charge in [0, 0.05) is 29.6 Å². The molecule has 0 spiro atoms. The Bertz CT molecular complexity index is 2090. The number of ether oxygens (including phenoxy) is 1. The van der Waals surface area contributed by atoms with Crippen LogP contribution in [0.4, 0.5) is 5.69 Å². The van der Waals surface area contributed by atoms with Crippen molar-refractivity contribution in [1.29, 1.82) is 0 Å². The monoisotopic (exact) mass is 678 g/mol. The van der Waals surface area contributed by atoms with Crippen LogP contribution in [0.15, 0.2) is 118 Å². The lowest BCUT2D eigenvalue weighted by molar-refractivity contribution is -0.679. The maximum atomic E-state index is 13.8. The second-order valence-corrected chi connectivity index (χ2v) is 14.1. The van der Waals surface area contributed by atoms with Crippen LogP contribution in [0.1, 0.15) is 39.1 Å². The highest BCUT2D eigenvalue weighted by Crippen LogP contribution is 2.46. The third-order valence-corrected chi connectivity index (χ3v) is 11.3. The number of anilines is 1. The van der Waals surface area contributed by atoms with Crippen molar-refractivity contribution in [2.24, 2.45) is 0 Å². The predicted molar refractivity (Wildman–Crippen MR) is 200 cm³/mol. The van der Waals surface area contributed by atoms with E-state index in [0.29, 0.717) is 17.7 Å². The Kier molecular flexibility index (Phi) is 10.6. The van der Waals surface area contributed by atoms with Crippen LogP contribution in [-0.4, -0.2) is 17.7 Å². The number of benzene rings is 3. The first kappa shape index (κ1) is 32.8. The molecule has 0 bridgehead atoms. The van der Waals surface area contributed by atoms with E-state index in [0.717, 1.165) is 40.0 Å². The Morgan fingerprint density at radius 1 is 0.872 bits per heavy atom. The van der Waals surface area contributed by atoms with Gasteiger partial charge in [-0.3, -0.25) is 9.36 Å². The van der Waals surface area contributed by atoms with Gasteiger partial charge in [0.05, 0.1) is 27.9 Å². The second kappa shape index (κ2) is 15.2. The van der Waals surface area contributed by atoms with Crippen molar-refractivity contribution in [2.45, 2.75) is 52.1 Å². The van der Waals surface area contributed by atoms with Crippen molar-refractivity contribution in [1.82, 2.24) is 4.57 Å². The summed E-state index contributed by atoms with van der Waals surface area (Å²) in [6, 6.07) is 29.6. The highest BCUT2D eigenvalue weighted by Gasteiger charge is 2.27. The zero-order chi connectivity index (χ0) is 32.8. The molecule has 8 heteroatoms. The van der Waals surface area contributed by atoms with Gasteiger partial charge in [0.1, 0.15) is 21.8 Å². The standard InChI is InChI=1S/C39H40N3O2S3/c1-5-25-42-36(27-35-41(7-3)37(28-17-11-9-12-18-28)38(47-35)29-19-13-10-14-20-29)46-33(39(42)43)24-23-30(44-8-4)26-34-40(6-2)31-21-15-16-22-32(31)45-34/h9-24,26-27H,5-8,25H2,1-4H3/q+1. The summed E-state index contributed by atoms with van der Waals surface area (Å²) in [6.07, 6.45) is 9.03. The Balaban J connectivity index is 1.46. The molecule has 0 fully saturated rings. The van der Waals surface area contributed by atoms with E-state index in [4.69, 9.17) is 4.74 Å². The van der Waals surface area contributed by atoms with E-state index in [1.165, 1.54) is 32.3 Å². The number of hydrogen-bond donors (Lipinski definition) is 0. The molecule has 1 aliphatic rings. The molecule has 6 rings (SSSR count). The Hall–Kier alpha value is -4.11. The number of allylic oxidation sites excluding steroid dienone is 2. The fourth-order valence-corrected chi connectivity index (χ4v) is 9.34. The van der Waals surface area contributed by atoms with E-state index >= 15 is 0 Å². The highest BCUT2D eigenvalue weighted by atomic mass is 32.2. The lowest BCUT2D eigenvalue weighted by Crippen LogP contribution is -2.37. The Labute approximate surface area is 289 Å². The number of thiazole rings is 2. The summed E-state index contributed by atoms with van der Waals surface area (Å²) in [5.74, 6) is 0.740. The molecule has 0 saturated heterocycles. The number of para-hydroxylation sites is 1. The van der Waals surface area contributed by atoms with Crippen LogP contribution < -0.4 is 24.2 Å². The van der Waals surface area contributed by atoms with E-state index in [9.17, 15) is 4.79 Å². The fourth-order valence-electron chi connectivity index (χ4n) is 5.80. The molecular weight excluding hydrogens is 639 g/mol. The molecule has 2 aromatic heterocycles. The van der Waals surface area contributed by atoms with Crippen LogP contribution in [0.25, 0.3) is 33.9 Å². The second-order valence-electron chi connectivity index (χ2n) is 11.0. The Morgan fingerprint density at radius 3 is 2.26 bits per heavy atom. The fraction of sp³-hybridized carbons (Fsp3) is 0.231. The van der Waals surface area contributed by atoms with Crippen molar-refractivity contribution < 1.29 is 9.30 Å². The van der Waals surface area contributed by atoms with Gasteiger partial charge in [-0.2, -0.15) is 4.57 Å². The summed E-state index contributed by atoms with van der Waals surface area (Å²) in [5, 5.41) is 2.24. The van der Waals surface area contributed by atoms with Gasteiger partial charge in [0.2, 0.25) is 5.69 Å². The number of hydrogen-bond acceptors (Lipinski definition) is 6. The first-order chi connectivity index (χ1) is 23.1. The molecule has 0 unspecified atom stereocenters. The molecule has 3 aromatic carbocycles. The third kappa shape index (κ3) is 6.96. The Morgan fingerprint density at radius 2 is 1.57 bits per heavy atom. The molecule has 0 atom stereocenters. The first-order valence-electron chi connectivity index (χ1n) is 16.3. The minimum atomic E-state index is 0.0341. The summed E-state index contributed by atoms with van der Waals surface area (Å²) in [7, 11) is 0. The van der Waals surface area contributed by atoms with Crippen LogP contribution in [-0.2, 0) is 17.8 Å². The summed E-state index contributed by atoms with van der Waals surface area (Å²) in [4.78, 5) is 18.6. The van der Waals surface area contributed by atoms with Gasteiger partial charge < -0.3 is 9.64 Å². The molecule has 240 valence electrons. The summed E-state index contributed by atoms with van der Waals surface area (Å²) >= 11 is 5.07. The van der Waals surface area contributed by atoms with Gasteiger partial charge in [-0.15, -0.1) is 11.3 Å².